The molecule has 0 spiro atoms. The van der Waals surface area contributed by atoms with Gasteiger partial charge in [-0.1, -0.05) is 12.1 Å². The Bertz CT molecular complexity index is 830. The highest BCUT2D eigenvalue weighted by atomic mass is 16.5. The molecule has 0 aromatic heterocycles. The van der Waals surface area contributed by atoms with Crippen molar-refractivity contribution in [3.8, 4) is 11.5 Å². The second-order valence-electron chi connectivity index (χ2n) is 7.68. The Morgan fingerprint density at radius 2 is 1.90 bits per heavy atom. The van der Waals surface area contributed by atoms with Crippen molar-refractivity contribution in [3.63, 3.8) is 0 Å². The third-order valence-electron chi connectivity index (χ3n) is 5.27. The number of rotatable bonds is 9. The fraction of sp³-hybridized carbons (Fsp3) is 0.458. The van der Waals surface area contributed by atoms with Crippen LogP contribution in [0.3, 0.4) is 0 Å². The van der Waals surface area contributed by atoms with E-state index < -0.39 is 0 Å². The van der Waals surface area contributed by atoms with Crippen LogP contribution in [0.1, 0.15) is 35.7 Å². The summed E-state index contributed by atoms with van der Waals surface area (Å²) in [5.74, 6) is 1.17. The number of nitrogens with zero attached hydrogens (tertiary/aromatic N) is 2. The van der Waals surface area contributed by atoms with Crippen molar-refractivity contribution >= 4 is 11.6 Å². The van der Waals surface area contributed by atoms with E-state index in [1.54, 1.807) is 25.3 Å². The van der Waals surface area contributed by atoms with Gasteiger partial charge in [0.1, 0.15) is 0 Å². The molecule has 1 atom stereocenters. The summed E-state index contributed by atoms with van der Waals surface area (Å²) in [5, 5.41) is 0. The Balaban J connectivity index is 1.83. The molecule has 1 unspecified atom stereocenters. The Morgan fingerprint density at radius 1 is 1.13 bits per heavy atom. The summed E-state index contributed by atoms with van der Waals surface area (Å²) in [6.45, 7) is 4.29. The van der Waals surface area contributed by atoms with Crippen LogP contribution >= 0.6 is 0 Å². The Hall–Kier alpha value is -2.73. The van der Waals surface area contributed by atoms with E-state index in [1.165, 1.54) is 0 Å². The van der Waals surface area contributed by atoms with Crippen molar-refractivity contribution in [2.45, 2.75) is 32.4 Å². The lowest BCUT2D eigenvalue weighted by atomic mass is 10.1. The SMILES string of the molecule is CCOc1cc(C(=O)N(Cc2ccc(N(C)C)cc2)CC2CCCO2)ccc1OC. The quantitative estimate of drug-likeness (QED) is 0.624. The average molecular weight is 413 g/mol. The summed E-state index contributed by atoms with van der Waals surface area (Å²) >= 11 is 0. The molecule has 1 aliphatic heterocycles. The zero-order valence-corrected chi connectivity index (χ0v) is 18.4. The molecule has 0 bridgehead atoms. The number of methoxy groups -OCH3 is 1. The molecule has 1 heterocycles. The molecule has 1 amide bonds. The van der Waals surface area contributed by atoms with Gasteiger partial charge in [-0.15, -0.1) is 0 Å². The standard InChI is InChI=1S/C24H32N2O4/c1-5-29-23-15-19(10-13-22(23)28-4)24(27)26(17-21-7-6-14-30-21)16-18-8-11-20(12-9-18)25(2)3/h8-13,15,21H,5-7,14,16-17H2,1-4H3. The first-order valence-electron chi connectivity index (χ1n) is 10.5. The number of hydrogen-bond donors (Lipinski definition) is 0. The molecule has 162 valence electrons. The number of amides is 1. The Labute approximate surface area is 179 Å². The molecule has 0 aliphatic carbocycles. The van der Waals surface area contributed by atoms with Crippen LogP contribution in [-0.2, 0) is 11.3 Å². The van der Waals surface area contributed by atoms with E-state index in [9.17, 15) is 4.79 Å². The molecular formula is C24H32N2O4. The summed E-state index contributed by atoms with van der Waals surface area (Å²) in [4.78, 5) is 17.4. The summed E-state index contributed by atoms with van der Waals surface area (Å²) in [7, 11) is 5.63. The zero-order chi connectivity index (χ0) is 21.5. The van der Waals surface area contributed by atoms with Crippen LogP contribution in [0, 0.1) is 0 Å². The van der Waals surface area contributed by atoms with Crippen LogP contribution in [0.2, 0.25) is 0 Å². The van der Waals surface area contributed by atoms with Gasteiger partial charge in [0.15, 0.2) is 11.5 Å². The molecule has 2 aromatic rings. The maximum Gasteiger partial charge on any atom is 0.254 e. The Kier molecular flexibility index (Phi) is 7.57. The molecule has 30 heavy (non-hydrogen) atoms. The molecule has 0 saturated carbocycles. The summed E-state index contributed by atoms with van der Waals surface area (Å²) in [6.07, 6.45) is 2.11. The third-order valence-corrected chi connectivity index (χ3v) is 5.27. The van der Waals surface area contributed by atoms with E-state index in [-0.39, 0.29) is 12.0 Å². The molecule has 3 rings (SSSR count). The van der Waals surface area contributed by atoms with Crippen molar-refractivity contribution in [1.29, 1.82) is 0 Å². The topological polar surface area (TPSA) is 51.2 Å². The molecule has 0 N–H and O–H groups in total. The third kappa shape index (κ3) is 5.45. The number of anilines is 1. The van der Waals surface area contributed by atoms with Crippen LogP contribution in [0.4, 0.5) is 5.69 Å². The van der Waals surface area contributed by atoms with Gasteiger partial charge in [-0.25, -0.2) is 0 Å². The molecule has 6 nitrogen and oxygen atoms in total. The van der Waals surface area contributed by atoms with Crippen molar-refractivity contribution < 1.29 is 19.0 Å². The highest BCUT2D eigenvalue weighted by Gasteiger charge is 2.24. The minimum atomic E-state index is -0.0363. The van der Waals surface area contributed by atoms with Crippen LogP contribution < -0.4 is 14.4 Å². The van der Waals surface area contributed by atoms with E-state index in [0.29, 0.717) is 36.8 Å². The van der Waals surface area contributed by atoms with Gasteiger partial charge in [0.25, 0.3) is 5.91 Å². The highest BCUT2D eigenvalue weighted by Crippen LogP contribution is 2.29. The molecule has 1 saturated heterocycles. The number of hydrogen-bond acceptors (Lipinski definition) is 5. The lowest BCUT2D eigenvalue weighted by Gasteiger charge is -2.26. The van der Waals surface area contributed by atoms with Gasteiger partial charge in [0, 0.05) is 45.0 Å². The smallest absolute Gasteiger partial charge is 0.254 e. The lowest BCUT2D eigenvalue weighted by molar-refractivity contribution is 0.0507. The predicted molar refractivity (Wildman–Crippen MR) is 119 cm³/mol. The second-order valence-corrected chi connectivity index (χ2v) is 7.68. The van der Waals surface area contributed by atoms with Gasteiger partial charge in [0.2, 0.25) is 0 Å². The van der Waals surface area contributed by atoms with Gasteiger partial charge in [-0.3, -0.25) is 4.79 Å². The van der Waals surface area contributed by atoms with Crippen LogP contribution in [0.15, 0.2) is 42.5 Å². The molecule has 0 radical (unpaired) electrons. The van der Waals surface area contributed by atoms with Crippen molar-refractivity contribution in [1.82, 2.24) is 4.90 Å². The molecule has 2 aromatic carbocycles. The van der Waals surface area contributed by atoms with E-state index >= 15 is 0 Å². The first-order valence-corrected chi connectivity index (χ1v) is 10.5. The number of ether oxygens (including phenoxy) is 3. The molecule has 1 fully saturated rings. The van der Waals surface area contributed by atoms with E-state index in [2.05, 4.69) is 29.2 Å². The van der Waals surface area contributed by atoms with Crippen LogP contribution in [0.25, 0.3) is 0 Å². The van der Waals surface area contributed by atoms with Crippen molar-refractivity contribution in [2.75, 3.05) is 45.9 Å². The summed E-state index contributed by atoms with van der Waals surface area (Å²) in [6, 6.07) is 13.6. The minimum absolute atomic E-state index is 0.0363. The molecule has 6 heteroatoms. The molecular weight excluding hydrogens is 380 g/mol. The average Bonchev–Trinajstić information content (AvgIpc) is 3.26. The maximum atomic E-state index is 13.4. The largest absolute Gasteiger partial charge is 0.493 e. The first kappa shape index (κ1) is 22.0. The normalized spacial score (nSPS) is 15.7. The zero-order valence-electron chi connectivity index (χ0n) is 18.4. The van der Waals surface area contributed by atoms with Gasteiger partial charge in [-0.2, -0.15) is 0 Å². The molecule has 1 aliphatic rings. The van der Waals surface area contributed by atoms with Gasteiger partial charge in [0.05, 0.1) is 19.8 Å². The number of carbonyl (C=O) groups is 1. The minimum Gasteiger partial charge on any atom is -0.493 e. The van der Waals surface area contributed by atoms with Gasteiger partial charge < -0.3 is 24.0 Å². The van der Waals surface area contributed by atoms with E-state index in [1.807, 2.05) is 25.9 Å². The van der Waals surface area contributed by atoms with Gasteiger partial charge in [-0.05, 0) is 55.7 Å². The Morgan fingerprint density at radius 3 is 2.50 bits per heavy atom. The van der Waals surface area contributed by atoms with Crippen LogP contribution in [-0.4, -0.2) is 57.9 Å². The van der Waals surface area contributed by atoms with Crippen molar-refractivity contribution in [3.05, 3.63) is 53.6 Å². The van der Waals surface area contributed by atoms with Crippen LogP contribution in [0.5, 0.6) is 11.5 Å². The fourth-order valence-corrected chi connectivity index (χ4v) is 3.63. The second kappa shape index (κ2) is 10.3. The van der Waals surface area contributed by atoms with E-state index in [4.69, 9.17) is 14.2 Å². The number of benzene rings is 2. The van der Waals surface area contributed by atoms with Crippen molar-refractivity contribution in [2.24, 2.45) is 0 Å². The summed E-state index contributed by atoms with van der Waals surface area (Å²) in [5.41, 5.74) is 2.81. The number of carbonyl (C=O) groups excluding carboxylic acids is 1. The lowest BCUT2D eigenvalue weighted by Crippen LogP contribution is -2.37. The maximum absolute atomic E-state index is 13.4. The highest BCUT2D eigenvalue weighted by molar-refractivity contribution is 5.95. The first-order chi connectivity index (χ1) is 14.5. The fourth-order valence-electron chi connectivity index (χ4n) is 3.63. The predicted octanol–water partition coefficient (Wildman–Crippen LogP) is 3.98. The monoisotopic (exact) mass is 412 g/mol. The van der Waals surface area contributed by atoms with Gasteiger partial charge >= 0.3 is 0 Å². The van der Waals surface area contributed by atoms with E-state index in [0.717, 1.165) is 30.7 Å². The summed E-state index contributed by atoms with van der Waals surface area (Å²) < 4.78 is 16.8.